The Labute approximate surface area is 64.9 Å². The number of anilines is 1. The smallest absolute Gasteiger partial charge is 0.152 e. The van der Waals surface area contributed by atoms with E-state index in [1.165, 1.54) is 7.11 Å². The van der Waals surface area contributed by atoms with E-state index in [0.29, 0.717) is 11.3 Å². The molecule has 0 fully saturated rings. The number of nitrogens with one attached hydrogen (secondary N) is 1. The van der Waals surface area contributed by atoms with Crippen LogP contribution >= 0.6 is 0 Å². The number of hydrogen-bond acceptors (Lipinski definition) is 3. The van der Waals surface area contributed by atoms with Crippen LogP contribution in [0.2, 0.25) is 0 Å². The van der Waals surface area contributed by atoms with Gasteiger partial charge in [0.05, 0.1) is 12.8 Å². The lowest BCUT2D eigenvalue weighted by Gasteiger charge is -2.03. The maximum absolute atomic E-state index is 10.4. The Kier molecular flexibility index (Phi) is 2.63. The Morgan fingerprint density at radius 2 is 2.18 bits per heavy atom. The summed E-state index contributed by atoms with van der Waals surface area (Å²) < 4.78 is 0. The Bertz CT molecular complexity index is 248. The van der Waals surface area contributed by atoms with Crippen LogP contribution in [0.25, 0.3) is 0 Å². The molecular formula is C8H9NO2. The summed E-state index contributed by atoms with van der Waals surface area (Å²) in [5, 5.41) is 0. The Morgan fingerprint density at radius 1 is 1.45 bits per heavy atom. The van der Waals surface area contributed by atoms with Crippen molar-refractivity contribution in [2.45, 2.75) is 0 Å². The van der Waals surface area contributed by atoms with Gasteiger partial charge in [-0.3, -0.25) is 15.1 Å². The summed E-state index contributed by atoms with van der Waals surface area (Å²) in [6, 6.07) is 7.11. The number of aldehydes is 1. The zero-order valence-electron chi connectivity index (χ0n) is 6.20. The highest BCUT2D eigenvalue weighted by atomic mass is 16.6. The van der Waals surface area contributed by atoms with E-state index in [4.69, 9.17) is 0 Å². The normalized spacial score (nSPS) is 9.18. The second-order valence-electron chi connectivity index (χ2n) is 2.01. The largest absolute Gasteiger partial charge is 0.298 e. The summed E-state index contributed by atoms with van der Waals surface area (Å²) in [6.07, 6.45) is 0.779. The molecule has 0 radical (unpaired) electrons. The molecule has 11 heavy (non-hydrogen) atoms. The van der Waals surface area contributed by atoms with Crippen LogP contribution < -0.4 is 5.48 Å². The number of carbonyl (C=O) groups is 1. The molecule has 1 aromatic rings. The lowest BCUT2D eigenvalue weighted by Crippen LogP contribution is -1.98. The molecule has 0 unspecified atom stereocenters. The minimum atomic E-state index is 0.592. The lowest BCUT2D eigenvalue weighted by molar-refractivity contribution is 0.112. The molecule has 0 atom stereocenters. The molecule has 1 aromatic carbocycles. The molecule has 0 aliphatic carbocycles. The Morgan fingerprint density at radius 3 is 2.82 bits per heavy atom. The molecular weight excluding hydrogens is 142 g/mol. The molecule has 0 saturated heterocycles. The SMILES string of the molecule is CONc1ccccc1C=O. The summed E-state index contributed by atoms with van der Waals surface area (Å²) in [5.41, 5.74) is 3.87. The third-order valence-electron chi connectivity index (χ3n) is 1.30. The number of carbonyl (C=O) groups excluding carboxylic acids is 1. The quantitative estimate of drug-likeness (QED) is 0.525. The fraction of sp³-hybridized carbons (Fsp3) is 0.125. The van der Waals surface area contributed by atoms with Crippen molar-refractivity contribution < 1.29 is 9.63 Å². The Balaban J connectivity index is 2.92. The van der Waals surface area contributed by atoms with Crippen molar-refractivity contribution in [3.05, 3.63) is 29.8 Å². The van der Waals surface area contributed by atoms with Gasteiger partial charge >= 0.3 is 0 Å². The first kappa shape index (κ1) is 7.75. The molecule has 0 aromatic heterocycles. The van der Waals surface area contributed by atoms with E-state index in [1.807, 2.05) is 6.07 Å². The summed E-state index contributed by atoms with van der Waals surface area (Å²) in [7, 11) is 1.50. The maximum atomic E-state index is 10.4. The number of rotatable bonds is 3. The van der Waals surface area contributed by atoms with E-state index in [0.717, 1.165) is 6.29 Å². The van der Waals surface area contributed by atoms with Gasteiger partial charge in [0, 0.05) is 5.56 Å². The molecule has 0 spiro atoms. The van der Waals surface area contributed by atoms with Gasteiger partial charge < -0.3 is 0 Å². The van der Waals surface area contributed by atoms with Crippen molar-refractivity contribution in [1.29, 1.82) is 0 Å². The fourth-order valence-corrected chi connectivity index (χ4v) is 0.803. The topological polar surface area (TPSA) is 38.3 Å². The van der Waals surface area contributed by atoms with Gasteiger partial charge in [-0.1, -0.05) is 12.1 Å². The summed E-state index contributed by atoms with van der Waals surface area (Å²) in [4.78, 5) is 15.1. The van der Waals surface area contributed by atoms with E-state index >= 15 is 0 Å². The molecule has 3 nitrogen and oxygen atoms in total. The average Bonchev–Trinajstić information content (AvgIpc) is 2.06. The monoisotopic (exact) mass is 151 g/mol. The van der Waals surface area contributed by atoms with E-state index in [9.17, 15) is 4.79 Å². The van der Waals surface area contributed by atoms with Crippen LogP contribution in [0.15, 0.2) is 24.3 Å². The Hall–Kier alpha value is -1.35. The third kappa shape index (κ3) is 1.78. The van der Waals surface area contributed by atoms with Crippen LogP contribution in [-0.4, -0.2) is 13.4 Å². The van der Waals surface area contributed by atoms with Crippen molar-refractivity contribution in [2.24, 2.45) is 0 Å². The van der Waals surface area contributed by atoms with Gasteiger partial charge in [0.2, 0.25) is 0 Å². The van der Waals surface area contributed by atoms with Crippen molar-refractivity contribution in [3.63, 3.8) is 0 Å². The molecule has 0 aliphatic heterocycles. The minimum Gasteiger partial charge on any atom is -0.298 e. The van der Waals surface area contributed by atoms with Crippen LogP contribution in [0.4, 0.5) is 5.69 Å². The van der Waals surface area contributed by atoms with Gasteiger partial charge in [0.1, 0.15) is 0 Å². The second kappa shape index (κ2) is 3.73. The highest BCUT2D eigenvalue weighted by Crippen LogP contribution is 2.11. The van der Waals surface area contributed by atoms with Gasteiger partial charge in [0.15, 0.2) is 6.29 Å². The van der Waals surface area contributed by atoms with Crippen molar-refractivity contribution >= 4 is 12.0 Å². The number of benzene rings is 1. The maximum Gasteiger partial charge on any atom is 0.152 e. The van der Waals surface area contributed by atoms with Crippen LogP contribution in [0, 0.1) is 0 Å². The van der Waals surface area contributed by atoms with E-state index in [-0.39, 0.29) is 0 Å². The highest BCUT2D eigenvalue weighted by molar-refractivity contribution is 5.83. The minimum absolute atomic E-state index is 0.592. The first-order valence-electron chi connectivity index (χ1n) is 3.21. The standard InChI is InChI=1S/C8H9NO2/c1-11-9-8-5-3-2-4-7(8)6-10/h2-6,9H,1H3. The predicted octanol–water partition coefficient (Wildman–Crippen LogP) is 1.47. The van der Waals surface area contributed by atoms with Gasteiger partial charge in [-0.05, 0) is 12.1 Å². The first-order valence-corrected chi connectivity index (χ1v) is 3.21. The van der Waals surface area contributed by atoms with E-state index < -0.39 is 0 Å². The van der Waals surface area contributed by atoms with E-state index in [1.54, 1.807) is 18.2 Å². The number of hydrogen-bond donors (Lipinski definition) is 1. The van der Waals surface area contributed by atoms with Crippen LogP contribution in [0.1, 0.15) is 10.4 Å². The number of para-hydroxylation sites is 1. The first-order chi connectivity index (χ1) is 5.38. The van der Waals surface area contributed by atoms with E-state index in [2.05, 4.69) is 10.3 Å². The second-order valence-corrected chi connectivity index (χ2v) is 2.01. The predicted molar refractivity (Wildman–Crippen MR) is 42.5 cm³/mol. The van der Waals surface area contributed by atoms with Crippen molar-refractivity contribution in [2.75, 3.05) is 12.6 Å². The lowest BCUT2D eigenvalue weighted by atomic mass is 10.2. The zero-order chi connectivity index (χ0) is 8.10. The van der Waals surface area contributed by atoms with Gasteiger partial charge in [-0.2, -0.15) is 0 Å². The zero-order valence-corrected chi connectivity index (χ0v) is 6.20. The molecule has 1 rings (SSSR count). The molecule has 58 valence electrons. The van der Waals surface area contributed by atoms with Gasteiger partial charge in [-0.15, -0.1) is 0 Å². The summed E-state index contributed by atoms with van der Waals surface area (Å²) in [6.45, 7) is 0. The molecule has 0 amide bonds. The average molecular weight is 151 g/mol. The van der Waals surface area contributed by atoms with Gasteiger partial charge in [0.25, 0.3) is 0 Å². The summed E-state index contributed by atoms with van der Waals surface area (Å²) in [5.74, 6) is 0. The van der Waals surface area contributed by atoms with Crippen molar-refractivity contribution in [1.82, 2.24) is 0 Å². The molecule has 0 bridgehead atoms. The summed E-state index contributed by atoms with van der Waals surface area (Å²) >= 11 is 0. The van der Waals surface area contributed by atoms with Crippen molar-refractivity contribution in [3.8, 4) is 0 Å². The molecule has 0 saturated carbocycles. The third-order valence-corrected chi connectivity index (χ3v) is 1.30. The molecule has 0 heterocycles. The molecule has 1 N–H and O–H groups in total. The molecule has 3 heteroatoms. The highest BCUT2D eigenvalue weighted by Gasteiger charge is 1.96. The van der Waals surface area contributed by atoms with Gasteiger partial charge in [-0.25, -0.2) is 0 Å². The van der Waals surface area contributed by atoms with Crippen LogP contribution in [0.3, 0.4) is 0 Å². The molecule has 0 aliphatic rings. The van der Waals surface area contributed by atoms with Crippen LogP contribution in [-0.2, 0) is 4.84 Å². The van der Waals surface area contributed by atoms with Crippen LogP contribution in [0.5, 0.6) is 0 Å². The fourth-order valence-electron chi connectivity index (χ4n) is 0.803.